The van der Waals surface area contributed by atoms with Crippen LogP contribution in [-0.2, 0) is 11.3 Å². The third-order valence-corrected chi connectivity index (χ3v) is 6.24. The van der Waals surface area contributed by atoms with Crippen molar-refractivity contribution < 1.29 is 4.79 Å². The Kier molecular flexibility index (Phi) is 6.02. The van der Waals surface area contributed by atoms with Gasteiger partial charge in [0.05, 0.1) is 11.8 Å². The lowest BCUT2D eigenvalue weighted by molar-refractivity contribution is -0.115. The molecule has 4 aromatic rings. The maximum absolute atomic E-state index is 12.8. The third kappa shape index (κ3) is 4.72. The van der Waals surface area contributed by atoms with Gasteiger partial charge in [-0.3, -0.25) is 4.79 Å². The predicted octanol–water partition coefficient (Wildman–Crippen LogP) is 4.57. The second-order valence-electron chi connectivity index (χ2n) is 6.36. The van der Waals surface area contributed by atoms with E-state index in [2.05, 4.69) is 20.8 Å². The summed E-state index contributed by atoms with van der Waals surface area (Å²) < 4.78 is 1.72. The Morgan fingerprint density at radius 3 is 2.69 bits per heavy atom. The van der Waals surface area contributed by atoms with Crippen LogP contribution in [-0.4, -0.2) is 31.4 Å². The van der Waals surface area contributed by atoms with E-state index in [9.17, 15) is 4.79 Å². The molecule has 0 unspecified atom stereocenters. The van der Waals surface area contributed by atoms with E-state index in [1.165, 1.54) is 11.8 Å². The van der Waals surface area contributed by atoms with E-state index < -0.39 is 0 Å². The van der Waals surface area contributed by atoms with Crippen LogP contribution in [0.4, 0.5) is 5.69 Å². The van der Waals surface area contributed by atoms with Crippen molar-refractivity contribution >= 4 is 34.7 Å². The van der Waals surface area contributed by atoms with Crippen LogP contribution in [0.15, 0.2) is 77.3 Å². The zero-order valence-electron chi connectivity index (χ0n) is 15.7. The van der Waals surface area contributed by atoms with Gasteiger partial charge in [-0.1, -0.05) is 66.4 Å². The van der Waals surface area contributed by atoms with Crippen LogP contribution in [0.5, 0.6) is 0 Å². The minimum absolute atomic E-state index is 0.0935. The van der Waals surface area contributed by atoms with Gasteiger partial charge in [0.2, 0.25) is 11.1 Å². The van der Waals surface area contributed by atoms with E-state index in [0.29, 0.717) is 11.7 Å². The number of tetrazole rings is 1. The van der Waals surface area contributed by atoms with Crippen molar-refractivity contribution in [3.05, 3.63) is 77.0 Å². The highest BCUT2D eigenvalue weighted by molar-refractivity contribution is 8.00. The normalized spacial score (nSPS) is 11.9. The Balaban J connectivity index is 1.46. The largest absolute Gasteiger partial charge is 0.325 e. The SMILES string of the molecule is C[C@@H](Sc1nnnn1Cc1cccs1)C(=O)Nc1ccccc1-c1ccccc1. The number of carbonyl (C=O) groups excluding carboxylic acids is 1. The van der Waals surface area contributed by atoms with Gasteiger partial charge in [0.1, 0.15) is 0 Å². The summed E-state index contributed by atoms with van der Waals surface area (Å²) in [5.74, 6) is -0.0935. The number of anilines is 1. The highest BCUT2D eigenvalue weighted by Gasteiger charge is 2.20. The van der Waals surface area contributed by atoms with Crippen LogP contribution in [0.2, 0.25) is 0 Å². The molecule has 0 saturated heterocycles. The van der Waals surface area contributed by atoms with Crippen LogP contribution in [0.1, 0.15) is 11.8 Å². The first-order chi connectivity index (χ1) is 14.2. The van der Waals surface area contributed by atoms with E-state index in [1.807, 2.05) is 79.0 Å². The monoisotopic (exact) mass is 421 g/mol. The summed E-state index contributed by atoms with van der Waals surface area (Å²) in [6.45, 7) is 2.45. The Bertz CT molecular complexity index is 1080. The maximum Gasteiger partial charge on any atom is 0.237 e. The average molecular weight is 422 g/mol. The van der Waals surface area contributed by atoms with E-state index in [-0.39, 0.29) is 11.2 Å². The molecule has 6 nitrogen and oxygen atoms in total. The lowest BCUT2D eigenvalue weighted by Gasteiger charge is -2.14. The minimum atomic E-state index is -0.355. The smallest absolute Gasteiger partial charge is 0.237 e. The number of hydrogen-bond acceptors (Lipinski definition) is 6. The van der Waals surface area contributed by atoms with Crippen LogP contribution >= 0.6 is 23.1 Å². The number of aromatic nitrogens is 4. The topological polar surface area (TPSA) is 72.7 Å². The van der Waals surface area contributed by atoms with Crippen molar-refractivity contribution in [1.82, 2.24) is 20.2 Å². The number of rotatable bonds is 7. The molecule has 0 saturated carbocycles. The number of nitrogens with one attached hydrogen (secondary N) is 1. The van der Waals surface area contributed by atoms with E-state index in [4.69, 9.17) is 0 Å². The van der Waals surface area contributed by atoms with Gasteiger partial charge in [-0.05, 0) is 40.4 Å². The Morgan fingerprint density at radius 1 is 1.10 bits per heavy atom. The molecule has 1 N–H and O–H groups in total. The molecule has 0 radical (unpaired) electrons. The van der Waals surface area contributed by atoms with E-state index >= 15 is 0 Å². The summed E-state index contributed by atoms with van der Waals surface area (Å²) in [6.07, 6.45) is 0. The zero-order chi connectivity index (χ0) is 20.1. The Morgan fingerprint density at radius 2 is 1.90 bits per heavy atom. The fourth-order valence-corrected chi connectivity index (χ4v) is 4.31. The van der Waals surface area contributed by atoms with Crippen molar-refractivity contribution in [3.8, 4) is 11.1 Å². The van der Waals surface area contributed by atoms with Gasteiger partial charge in [-0.25, -0.2) is 4.68 Å². The fraction of sp³-hybridized carbons (Fsp3) is 0.143. The molecule has 4 rings (SSSR count). The van der Waals surface area contributed by atoms with Gasteiger partial charge in [0.15, 0.2) is 0 Å². The Hall–Kier alpha value is -2.97. The summed E-state index contributed by atoms with van der Waals surface area (Å²) >= 11 is 3.00. The van der Waals surface area contributed by atoms with Crippen molar-refractivity contribution in [3.63, 3.8) is 0 Å². The predicted molar refractivity (Wildman–Crippen MR) is 117 cm³/mol. The van der Waals surface area contributed by atoms with Crippen LogP contribution in [0.3, 0.4) is 0 Å². The van der Waals surface area contributed by atoms with Gasteiger partial charge in [0.25, 0.3) is 0 Å². The molecule has 0 aliphatic carbocycles. The second kappa shape index (κ2) is 9.02. The number of benzene rings is 2. The highest BCUT2D eigenvalue weighted by Crippen LogP contribution is 2.29. The first-order valence-corrected chi connectivity index (χ1v) is 10.9. The number of thioether (sulfide) groups is 1. The third-order valence-electron chi connectivity index (χ3n) is 4.31. The standard InChI is InChI=1S/C21H19N5OS2/c1-15(29-21-23-24-25-26(21)14-17-10-7-13-28-17)20(27)22-19-12-6-5-11-18(19)16-8-3-2-4-9-16/h2-13,15H,14H2,1H3,(H,22,27)/t15-/m1/s1. The summed E-state index contributed by atoms with van der Waals surface area (Å²) in [7, 11) is 0. The average Bonchev–Trinajstić information content (AvgIpc) is 3.42. The number of thiophene rings is 1. The number of carbonyl (C=O) groups is 1. The fourth-order valence-electron chi connectivity index (χ4n) is 2.84. The molecule has 29 heavy (non-hydrogen) atoms. The highest BCUT2D eigenvalue weighted by atomic mass is 32.2. The molecule has 1 amide bonds. The van der Waals surface area contributed by atoms with Crippen molar-refractivity contribution in [2.45, 2.75) is 23.9 Å². The maximum atomic E-state index is 12.8. The first kappa shape index (κ1) is 19.4. The summed E-state index contributed by atoms with van der Waals surface area (Å²) in [5.41, 5.74) is 2.83. The molecular formula is C21H19N5OS2. The minimum Gasteiger partial charge on any atom is -0.325 e. The second-order valence-corrected chi connectivity index (χ2v) is 8.70. The number of hydrogen-bond donors (Lipinski definition) is 1. The number of para-hydroxylation sites is 1. The molecule has 8 heteroatoms. The number of amides is 1. The van der Waals surface area contributed by atoms with Crippen LogP contribution in [0.25, 0.3) is 11.1 Å². The molecule has 2 aromatic heterocycles. The summed E-state index contributed by atoms with van der Waals surface area (Å²) in [4.78, 5) is 14.0. The van der Waals surface area contributed by atoms with E-state index in [1.54, 1.807) is 16.0 Å². The van der Waals surface area contributed by atoms with Gasteiger partial charge in [-0.2, -0.15) is 0 Å². The molecule has 0 aliphatic rings. The van der Waals surface area contributed by atoms with Crippen molar-refractivity contribution in [2.24, 2.45) is 0 Å². The molecule has 2 aromatic carbocycles. The van der Waals surface area contributed by atoms with Crippen LogP contribution < -0.4 is 5.32 Å². The molecule has 0 spiro atoms. The van der Waals surface area contributed by atoms with Crippen molar-refractivity contribution in [2.75, 3.05) is 5.32 Å². The Labute approximate surface area is 177 Å². The van der Waals surface area contributed by atoms with Crippen molar-refractivity contribution in [1.29, 1.82) is 0 Å². The first-order valence-electron chi connectivity index (χ1n) is 9.11. The molecule has 146 valence electrons. The van der Waals surface area contributed by atoms with Crippen LogP contribution in [0, 0.1) is 0 Å². The molecule has 2 heterocycles. The molecule has 0 fully saturated rings. The summed E-state index contributed by atoms with van der Waals surface area (Å²) in [6, 6.07) is 21.8. The lowest BCUT2D eigenvalue weighted by atomic mass is 10.0. The van der Waals surface area contributed by atoms with E-state index in [0.717, 1.165) is 21.7 Å². The zero-order valence-corrected chi connectivity index (χ0v) is 17.4. The molecule has 1 atom stereocenters. The number of nitrogens with zero attached hydrogens (tertiary/aromatic N) is 4. The lowest BCUT2D eigenvalue weighted by Crippen LogP contribution is -2.23. The van der Waals surface area contributed by atoms with Gasteiger partial charge in [-0.15, -0.1) is 16.4 Å². The molecular weight excluding hydrogens is 402 g/mol. The molecule has 0 bridgehead atoms. The quantitative estimate of drug-likeness (QED) is 0.443. The summed E-state index contributed by atoms with van der Waals surface area (Å²) in [5, 5.41) is 17.2. The van der Waals surface area contributed by atoms with Gasteiger partial charge >= 0.3 is 0 Å². The van der Waals surface area contributed by atoms with Gasteiger partial charge in [0, 0.05) is 16.1 Å². The molecule has 0 aliphatic heterocycles. The van der Waals surface area contributed by atoms with Gasteiger partial charge < -0.3 is 5.32 Å².